The van der Waals surface area contributed by atoms with Crippen molar-refractivity contribution in [2.24, 2.45) is 11.3 Å². The predicted molar refractivity (Wildman–Crippen MR) is 37.1 cm³/mol. The highest BCUT2D eigenvalue weighted by atomic mass is 16.5. The smallest absolute Gasteiger partial charge is 0.312 e. The predicted octanol–water partition coefficient (Wildman–Crippen LogP) is 0.819. The van der Waals surface area contributed by atoms with Gasteiger partial charge in [-0.25, -0.2) is 0 Å². The molecule has 0 radical (unpaired) electrons. The molecule has 0 amide bonds. The van der Waals surface area contributed by atoms with Crippen molar-refractivity contribution >= 4 is 5.97 Å². The molecule has 0 aromatic heterocycles. The van der Waals surface area contributed by atoms with Crippen LogP contribution in [0.25, 0.3) is 0 Å². The molecule has 0 saturated heterocycles. The van der Waals surface area contributed by atoms with E-state index in [2.05, 4.69) is 10.7 Å². The molecule has 1 rings (SSSR count). The van der Waals surface area contributed by atoms with Gasteiger partial charge in [-0.3, -0.25) is 4.79 Å². The summed E-state index contributed by atoms with van der Waals surface area (Å²) in [7, 11) is 1.39. The largest absolute Gasteiger partial charge is 0.469 e. The Kier molecular flexibility index (Phi) is 1.44. The van der Waals surface area contributed by atoms with Gasteiger partial charge in [-0.15, -0.1) is 12.3 Å². The van der Waals surface area contributed by atoms with Crippen LogP contribution in [0.2, 0.25) is 0 Å². The van der Waals surface area contributed by atoms with Crippen LogP contribution >= 0.6 is 0 Å². The van der Waals surface area contributed by atoms with Gasteiger partial charge in [0, 0.05) is 5.92 Å². The molecule has 0 aliphatic heterocycles. The van der Waals surface area contributed by atoms with Gasteiger partial charge in [-0.1, -0.05) is 0 Å². The first-order chi connectivity index (χ1) is 4.65. The maximum atomic E-state index is 10.9. The zero-order chi connectivity index (χ0) is 7.78. The van der Waals surface area contributed by atoms with E-state index in [4.69, 9.17) is 6.42 Å². The first kappa shape index (κ1) is 7.14. The van der Waals surface area contributed by atoms with E-state index in [1.165, 1.54) is 7.11 Å². The molecule has 1 fully saturated rings. The summed E-state index contributed by atoms with van der Waals surface area (Å²) in [4.78, 5) is 10.9. The quantitative estimate of drug-likeness (QED) is 0.396. The van der Waals surface area contributed by atoms with E-state index < -0.39 is 0 Å². The molecule has 0 bridgehead atoms. The Balaban J connectivity index is 2.60. The monoisotopic (exact) mass is 138 g/mol. The lowest BCUT2D eigenvalue weighted by atomic mass is 10.1. The summed E-state index contributed by atoms with van der Waals surface area (Å²) in [6.07, 6.45) is 5.92. The topological polar surface area (TPSA) is 26.3 Å². The van der Waals surface area contributed by atoms with Crippen LogP contribution < -0.4 is 0 Å². The molecule has 1 aliphatic carbocycles. The lowest BCUT2D eigenvalue weighted by Crippen LogP contribution is -2.15. The summed E-state index contributed by atoms with van der Waals surface area (Å²) in [5.41, 5.74) is -0.372. The van der Waals surface area contributed by atoms with Gasteiger partial charge >= 0.3 is 5.97 Å². The minimum Gasteiger partial charge on any atom is -0.469 e. The molecule has 0 aromatic rings. The van der Waals surface area contributed by atoms with Crippen LogP contribution in [-0.4, -0.2) is 13.1 Å². The molecular formula is C8H10O2. The fraction of sp³-hybridized carbons (Fsp3) is 0.625. The Morgan fingerprint density at radius 1 is 1.90 bits per heavy atom. The molecule has 1 saturated carbocycles. The van der Waals surface area contributed by atoms with Gasteiger partial charge in [0.1, 0.15) is 0 Å². The van der Waals surface area contributed by atoms with E-state index in [0.29, 0.717) is 0 Å². The van der Waals surface area contributed by atoms with Crippen LogP contribution in [0.3, 0.4) is 0 Å². The molecule has 0 heterocycles. The van der Waals surface area contributed by atoms with E-state index in [-0.39, 0.29) is 17.3 Å². The fourth-order valence-electron chi connectivity index (χ4n) is 1.07. The van der Waals surface area contributed by atoms with Gasteiger partial charge in [0.2, 0.25) is 0 Å². The van der Waals surface area contributed by atoms with Crippen molar-refractivity contribution in [2.75, 3.05) is 7.11 Å². The summed E-state index contributed by atoms with van der Waals surface area (Å²) < 4.78 is 4.57. The maximum Gasteiger partial charge on any atom is 0.312 e. The third-order valence-electron chi connectivity index (χ3n) is 2.09. The van der Waals surface area contributed by atoms with Crippen LogP contribution in [0.1, 0.15) is 13.3 Å². The van der Waals surface area contributed by atoms with Crippen molar-refractivity contribution in [1.29, 1.82) is 0 Å². The van der Waals surface area contributed by atoms with Gasteiger partial charge in [0.05, 0.1) is 12.5 Å². The number of esters is 1. The van der Waals surface area contributed by atoms with E-state index in [1.54, 1.807) is 0 Å². The van der Waals surface area contributed by atoms with Crippen LogP contribution in [0.5, 0.6) is 0 Å². The van der Waals surface area contributed by atoms with Gasteiger partial charge in [-0.2, -0.15) is 0 Å². The number of hydrogen-bond acceptors (Lipinski definition) is 2. The summed E-state index contributed by atoms with van der Waals surface area (Å²) in [5, 5.41) is 0. The van der Waals surface area contributed by atoms with Crippen molar-refractivity contribution in [3.63, 3.8) is 0 Å². The van der Waals surface area contributed by atoms with Crippen molar-refractivity contribution < 1.29 is 9.53 Å². The Morgan fingerprint density at radius 3 is 2.80 bits per heavy atom. The minimum absolute atomic E-state index is 0.0972. The highest BCUT2D eigenvalue weighted by Gasteiger charge is 2.56. The van der Waals surface area contributed by atoms with Gasteiger partial charge in [-0.05, 0) is 13.3 Å². The van der Waals surface area contributed by atoms with Gasteiger partial charge in [0.15, 0.2) is 0 Å². The van der Waals surface area contributed by atoms with Crippen molar-refractivity contribution in [3.8, 4) is 12.3 Å². The molecule has 0 unspecified atom stereocenters. The molecule has 10 heavy (non-hydrogen) atoms. The lowest BCUT2D eigenvalue weighted by molar-refractivity contribution is -0.146. The second kappa shape index (κ2) is 2.02. The van der Waals surface area contributed by atoms with E-state index in [1.807, 2.05) is 6.92 Å². The molecular weight excluding hydrogens is 128 g/mol. The average molecular weight is 138 g/mol. The number of carbonyl (C=O) groups is 1. The molecule has 2 nitrogen and oxygen atoms in total. The normalized spacial score (nSPS) is 36.3. The number of rotatable bonds is 1. The van der Waals surface area contributed by atoms with E-state index in [9.17, 15) is 4.79 Å². The number of ether oxygens (including phenoxy) is 1. The van der Waals surface area contributed by atoms with E-state index in [0.717, 1.165) is 6.42 Å². The SMILES string of the molecule is C#C[C@@H]1C[C@@]1(C)C(=O)OC. The Hall–Kier alpha value is -0.970. The standard InChI is InChI=1S/C8H10O2/c1-4-6-5-8(6,2)7(9)10-3/h1,6H,5H2,2-3H3/t6-,8-/m1/s1. The Morgan fingerprint density at radius 2 is 2.50 bits per heavy atom. The third-order valence-corrected chi connectivity index (χ3v) is 2.09. The zero-order valence-electron chi connectivity index (χ0n) is 6.18. The first-order valence-electron chi connectivity index (χ1n) is 3.19. The Labute approximate surface area is 60.6 Å². The van der Waals surface area contributed by atoms with Crippen LogP contribution in [0.4, 0.5) is 0 Å². The van der Waals surface area contributed by atoms with Crippen molar-refractivity contribution in [3.05, 3.63) is 0 Å². The van der Waals surface area contributed by atoms with Crippen molar-refractivity contribution in [2.45, 2.75) is 13.3 Å². The van der Waals surface area contributed by atoms with Gasteiger partial charge in [0.25, 0.3) is 0 Å². The number of methoxy groups -OCH3 is 1. The second-order valence-corrected chi connectivity index (χ2v) is 2.83. The first-order valence-corrected chi connectivity index (χ1v) is 3.19. The van der Waals surface area contributed by atoms with Crippen LogP contribution in [0.15, 0.2) is 0 Å². The van der Waals surface area contributed by atoms with E-state index >= 15 is 0 Å². The molecule has 2 heteroatoms. The molecule has 2 atom stereocenters. The third kappa shape index (κ3) is 0.786. The highest BCUT2D eigenvalue weighted by Crippen LogP contribution is 2.52. The molecule has 0 spiro atoms. The summed E-state index contributed by atoms with van der Waals surface area (Å²) >= 11 is 0. The minimum atomic E-state index is -0.372. The maximum absolute atomic E-state index is 10.9. The number of hydrogen-bond donors (Lipinski definition) is 0. The zero-order valence-corrected chi connectivity index (χ0v) is 6.18. The summed E-state index contributed by atoms with van der Waals surface area (Å²) in [6, 6.07) is 0. The fourth-order valence-corrected chi connectivity index (χ4v) is 1.07. The van der Waals surface area contributed by atoms with Crippen LogP contribution in [-0.2, 0) is 9.53 Å². The molecule has 0 aromatic carbocycles. The molecule has 1 aliphatic rings. The van der Waals surface area contributed by atoms with Crippen molar-refractivity contribution in [1.82, 2.24) is 0 Å². The highest BCUT2D eigenvalue weighted by molar-refractivity contribution is 5.80. The van der Waals surface area contributed by atoms with Crippen LogP contribution in [0, 0.1) is 23.7 Å². The molecule has 0 N–H and O–H groups in total. The lowest BCUT2D eigenvalue weighted by Gasteiger charge is -2.04. The Bertz CT molecular complexity index is 202. The molecule has 54 valence electrons. The van der Waals surface area contributed by atoms with Gasteiger partial charge < -0.3 is 4.74 Å². The average Bonchev–Trinajstić information content (AvgIpc) is 2.61. The summed E-state index contributed by atoms with van der Waals surface area (Å²) in [5.74, 6) is 2.46. The number of carbonyl (C=O) groups excluding carboxylic acids is 1. The second-order valence-electron chi connectivity index (χ2n) is 2.83. The number of terminal acetylenes is 1. The summed E-state index contributed by atoms with van der Waals surface area (Å²) in [6.45, 7) is 1.84.